The van der Waals surface area contributed by atoms with Gasteiger partial charge >= 0.3 is 0 Å². The summed E-state index contributed by atoms with van der Waals surface area (Å²) in [7, 11) is 0. The van der Waals surface area contributed by atoms with Crippen LogP contribution in [0, 0.1) is 22.7 Å². The molecule has 0 amide bonds. The van der Waals surface area contributed by atoms with Gasteiger partial charge in [0.15, 0.2) is 0 Å². The molecular weight excluding hydrogens is 512 g/mol. The van der Waals surface area contributed by atoms with Crippen LogP contribution in [-0.4, -0.2) is 22.4 Å². The van der Waals surface area contributed by atoms with Crippen molar-refractivity contribution in [3.8, 4) is 0 Å². The topological polar surface area (TPSA) is 40.5 Å². The third kappa shape index (κ3) is 11.7. The minimum atomic E-state index is -0.331. The lowest BCUT2D eigenvalue weighted by molar-refractivity contribution is 0.117. The Morgan fingerprint density at radius 3 is 1.21 bits per heavy atom. The lowest BCUT2D eigenvalue weighted by Gasteiger charge is -2.38. The van der Waals surface area contributed by atoms with Gasteiger partial charge in [-0.05, 0) is 65.2 Å². The highest BCUT2D eigenvalue weighted by molar-refractivity contribution is 5.33. The molecule has 0 bridgehead atoms. The van der Waals surface area contributed by atoms with Crippen LogP contribution in [0.4, 0.5) is 0 Å². The summed E-state index contributed by atoms with van der Waals surface area (Å²) in [5.41, 5.74) is 7.40. The first-order valence-electron chi connectivity index (χ1n) is 15.4. The fourth-order valence-electron chi connectivity index (χ4n) is 6.16. The normalized spacial score (nSPS) is 28.1. The number of aliphatic hydroxyl groups excluding tert-OH is 2. The van der Waals surface area contributed by atoms with Crippen LogP contribution in [0.25, 0.3) is 0 Å². The molecule has 2 N–H and O–H groups in total. The Bertz CT molecular complexity index is 1160. The molecule has 0 aromatic heterocycles. The molecule has 0 radical (unpaired) electrons. The van der Waals surface area contributed by atoms with E-state index in [2.05, 4.69) is 154 Å². The Labute approximate surface area is 257 Å². The molecule has 0 spiro atoms. The van der Waals surface area contributed by atoms with Crippen LogP contribution in [0.2, 0.25) is 0 Å². The first-order valence-corrected chi connectivity index (χ1v) is 15.4. The van der Waals surface area contributed by atoms with Crippen LogP contribution < -0.4 is 0 Å². The second-order valence-electron chi connectivity index (χ2n) is 13.8. The lowest BCUT2D eigenvalue weighted by Crippen LogP contribution is -2.32. The smallest absolute Gasteiger partial charge is 0.0729 e. The Balaban J connectivity index is 1.89. The maximum Gasteiger partial charge on any atom is 0.0729 e. The zero-order valence-electron chi connectivity index (χ0n) is 27.9. The number of aliphatic hydroxyl groups is 2. The van der Waals surface area contributed by atoms with Gasteiger partial charge in [-0.1, -0.05) is 158 Å². The number of allylic oxidation sites excluding steroid dienone is 20. The summed E-state index contributed by atoms with van der Waals surface area (Å²) in [5.74, 6) is 0.696. The van der Waals surface area contributed by atoms with E-state index in [9.17, 15) is 10.2 Å². The predicted molar refractivity (Wildman–Crippen MR) is 184 cm³/mol. The molecule has 2 aliphatic carbocycles. The van der Waals surface area contributed by atoms with Gasteiger partial charge in [0.25, 0.3) is 0 Å². The van der Waals surface area contributed by atoms with Crippen LogP contribution in [0.1, 0.15) is 82.1 Å². The Morgan fingerprint density at radius 2 is 0.881 bits per heavy atom. The molecule has 0 heterocycles. The largest absolute Gasteiger partial charge is 0.389 e. The summed E-state index contributed by atoms with van der Waals surface area (Å²) in [5, 5.41) is 20.1. The van der Waals surface area contributed by atoms with E-state index in [4.69, 9.17) is 0 Å². The van der Waals surface area contributed by atoms with Crippen molar-refractivity contribution in [2.24, 2.45) is 22.7 Å². The molecule has 0 fully saturated rings. The third-order valence-electron chi connectivity index (χ3n) is 8.41. The van der Waals surface area contributed by atoms with Crippen molar-refractivity contribution in [1.29, 1.82) is 0 Å². The highest BCUT2D eigenvalue weighted by atomic mass is 16.3. The van der Waals surface area contributed by atoms with Gasteiger partial charge in [-0.3, -0.25) is 0 Å². The van der Waals surface area contributed by atoms with Crippen molar-refractivity contribution < 1.29 is 10.2 Å². The van der Waals surface area contributed by atoms with E-state index in [0.29, 0.717) is 11.8 Å². The van der Waals surface area contributed by atoms with Gasteiger partial charge in [0, 0.05) is 11.8 Å². The average Bonchev–Trinajstić information content (AvgIpc) is 2.84. The van der Waals surface area contributed by atoms with E-state index < -0.39 is 0 Å². The van der Waals surface area contributed by atoms with E-state index >= 15 is 0 Å². The van der Waals surface area contributed by atoms with E-state index in [-0.39, 0.29) is 23.0 Å². The quantitative estimate of drug-likeness (QED) is 0.203. The molecular formula is C40H56O2. The Morgan fingerprint density at radius 1 is 0.571 bits per heavy atom. The van der Waals surface area contributed by atoms with Gasteiger partial charge in [-0.25, -0.2) is 0 Å². The zero-order valence-corrected chi connectivity index (χ0v) is 27.9. The molecule has 0 aromatic rings. The van der Waals surface area contributed by atoms with Crippen molar-refractivity contribution in [2.45, 2.75) is 94.3 Å². The van der Waals surface area contributed by atoms with Crippen molar-refractivity contribution >= 4 is 0 Å². The Kier molecular flexibility index (Phi) is 13.5. The highest BCUT2D eigenvalue weighted by Crippen LogP contribution is 2.42. The molecule has 0 aromatic carbocycles. The molecule has 2 rings (SSSR count). The molecule has 2 heteroatoms. The van der Waals surface area contributed by atoms with Crippen LogP contribution in [0.5, 0.6) is 0 Å². The first kappa shape index (κ1) is 35.3. The maximum atomic E-state index is 10.1. The fourth-order valence-corrected chi connectivity index (χ4v) is 6.16. The maximum absolute atomic E-state index is 10.1. The second-order valence-corrected chi connectivity index (χ2v) is 13.8. The van der Waals surface area contributed by atoms with E-state index in [1.165, 1.54) is 33.4 Å². The van der Waals surface area contributed by atoms with Crippen molar-refractivity contribution in [3.63, 3.8) is 0 Å². The standard InChI is InChI=1S/C40H56O2/c1-29(17-13-19-31(3)21-23-37-33(5)25-35(41)27-39(37,7)8)15-11-12-16-30(2)18-14-20-32(4)22-24-38-34(6)26-36(42)28-40(38,9)10/h11-26,35-38,41-42H,27-28H2,1-10H3/b12-11+,17-13+,18-14+,23-21+,24-22+,29-15+,30-16+,31-19+,32-20+/t35-,36-,37-,38-/m1/s1. The van der Waals surface area contributed by atoms with Gasteiger partial charge in [-0.15, -0.1) is 0 Å². The summed E-state index contributed by atoms with van der Waals surface area (Å²) in [4.78, 5) is 0. The minimum absolute atomic E-state index is 0.0574. The van der Waals surface area contributed by atoms with Crippen molar-refractivity contribution in [1.82, 2.24) is 0 Å². The summed E-state index contributed by atoms with van der Waals surface area (Å²) in [6, 6.07) is 0. The molecule has 0 saturated carbocycles. The number of hydrogen-bond donors (Lipinski definition) is 2. The summed E-state index contributed by atoms with van der Waals surface area (Å²) >= 11 is 0. The van der Waals surface area contributed by atoms with Gasteiger partial charge in [-0.2, -0.15) is 0 Å². The summed E-state index contributed by atoms with van der Waals surface area (Å²) in [6.45, 7) is 21.6. The van der Waals surface area contributed by atoms with Crippen molar-refractivity contribution in [3.05, 3.63) is 131 Å². The molecule has 0 aliphatic heterocycles. The van der Waals surface area contributed by atoms with E-state index in [0.717, 1.165) is 12.8 Å². The molecule has 42 heavy (non-hydrogen) atoms. The highest BCUT2D eigenvalue weighted by Gasteiger charge is 2.35. The fraction of sp³-hybridized carbons (Fsp3) is 0.450. The lowest BCUT2D eigenvalue weighted by atomic mass is 9.67. The molecule has 0 unspecified atom stereocenters. The summed E-state index contributed by atoms with van der Waals surface area (Å²) in [6.07, 6.45) is 35.0. The van der Waals surface area contributed by atoms with E-state index in [1.54, 1.807) is 0 Å². The first-order chi connectivity index (χ1) is 19.6. The van der Waals surface area contributed by atoms with Crippen LogP contribution in [0.15, 0.2) is 131 Å². The van der Waals surface area contributed by atoms with E-state index in [1.807, 2.05) is 12.2 Å². The van der Waals surface area contributed by atoms with Gasteiger partial charge in [0.2, 0.25) is 0 Å². The third-order valence-corrected chi connectivity index (χ3v) is 8.41. The predicted octanol–water partition coefficient (Wildman–Crippen LogP) is 10.3. The molecule has 0 saturated heterocycles. The van der Waals surface area contributed by atoms with Crippen LogP contribution in [0.3, 0.4) is 0 Å². The number of hydrogen-bond acceptors (Lipinski definition) is 2. The molecule has 228 valence electrons. The monoisotopic (exact) mass is 568 g/mol. The molecule has 2 nitrogen and oxygen atoms in total. The van der Waals surface area contributed by atoms with Gasteiger partial charge < -0.3 is 10.2 Å². The van der Waals surface area contributed by atoms with Crippen molar-refractivity contribution in [2.75, 3.05) is 0 Å². The SMILES string of the molecule is CC1=C[C@@H](O)CC(C)(C)[C@@H]1/C=C/C(C)=C/C=C/C(C)=C/C=C/C=C(C)/C=C/C=C(C)/C=C/[C@@H]1C(C)=C[C@@H](O)CC1(C)C. The van der Waals surface area contributed by atoms with Crippen LogP contribution in [-0.2, 0) is 0 Å². The minimum Gasteiger partial charge on any atom is -0.389 e. The Hall–Kier alpha value is -2.94. The average molecular weight is 569 g/mol. The second kappa shape index (κ2) is 16.1. The number of rotatable bonds is 10. The summed E-state index contributed by atoms with van der Waals surface area (Å²) < 4.78 is 0. The molecule has 4 atom stereocenters. The zero-order chi connectivity index (χ0) is 31.5. The molecule has 2 aliphatic rings. The van der Waals surface area contributed by atoms with Crippen LogP contribution >= 0.6 is 0 Å². The van der Waals surface area contributed by atoms with Gasteiger partial charge in [0.05, 0.1) is 12.2 Å². The van der Waals surface area contributed by atoms with Gasteiger partial charge in [0.1, 0.15) is 0 Å².